The molecule has 0 fully saturated rings. The summed E-state index contributed by atoms with van der Waals surface area (Å²) in [6.07, 6.45) is 6.31. The minimum atomic E-state index is 0.922. The van der Waals surface area contributed by atoms with E-state index in [9.17, 15) is 0 Å². The van der Waals surface area contributed by atoms with E-state index >= 15 is 0 Å². The minimum absolute atomic E-state index is 0.922. The van der Waals surface area contributed by atoms with Gasteiger partial charge in [0.25, 0.3) is 0 Å². The van der Waals surface area contributed by atoms with Gasteiger partial charge >= 0.3 is 0 Å². The van der Waals surface area contributed by atoms with Crippen LogP contribution in [0.2, 0.25) is 0 Å². The second kappa shape index (κ2) is 5.82. The van der Waals surface area contributed by atoms with Crippen LogP contribution in [0, 0.1) is 0 Å². The molecule has 0 amide bonds. The summed E-state index contributed by atoms with van der Waals surface area (Å²) in [7, 11) is 0. The lowest BCUT2D eigenvalue weighted by Crippen LogP contribution is -1.76. The zero-order valence-electron chi connectivity index (χ0n) is 8.63. The number of hydrogen-bond donors (Lipinski definition) is 0. The summed E-state index contributed by atoms with van der Waals surface area (Å²) in [6.45, 7) is 4.19. The molecule has 0 aromatic heterocycles. The summed E-state index contributed by atoms with van der Waals surface area (Å²) >= 11 is 3.43. The molecule has 1 rings (SSSR count). The maximum absolute atomic E-state index is 3.43. The minimum Gasteiger partial charge on any atom is -0.0876 e. The molecule has 0 spiro atoms. The SMILES string of the molecule is CC(C)=CC=Cc1ccc(CBr)cc1. The van der Waals surface area contributed by atoms with Gasteiger partial charge in [0.2, 0.25) is 0 Å². The number of halogens is 1. The van der Waals surface area contributed by atoms with Crippen LogP contribution >= 0.6 is 15.9 Å². The van der Waals surface area contributed by atoms with E-state index in [0.717, 1.165) is 5.33 Å². The van der Waals surface area contributed by atoms with E-state index in [2.05, 4.69) is 72.3 Å². The van der Waals surface area contributed by atoms with Crippen LogP contribution < -0.4 is 0 Å². The lowest BCUT2D eigenvalue weighted by Gasteiger charge is -1.95. The molecule has 0 saturated heterocycles. The first-order chi connectivity index (χ1) is 6.72. The molecule has 0 aliphatic rings. The zero-order chi connectivity index (χ0) is 10.4. The van der Waals surface area contributed by atoms with Gasteiger partial charge in [0.05, 0.1) is 0 Å². The van der Waals surface area contributed by atoms with Crippen LogP contribution in [0.25, 0.3) is 6.08 Å². The van der Waals surface area contributed by atoms with Crippen LogP contribution in [-0.4, -0.2) is 0 Å². The molecular formula is C13H15Br. The van der Waals surface area contributed by atoms with Crippen LogP contribution in [0.1, 0.15) is 25.0 Å². The average molecular weight is 251 g/mol. The fourth-order valence-electron chi connectivity index (χ4n) is 1.07. The molecule has 0 unspecified atom stereocenters. The lowest BCUT2D eigenvalue weighted by molar-refractivity contribution is 1.39. The molecule has 0 nitrogen and oxygen atoms in total. The molecule has 0 saturated carbocycles. The lowest BCUT2D eigenvalue weighted by atomic mass is 10.1. The van der Waals surface area contributed by atoms with E-state index in [1.165, 1.54) is 16.7 Å². The predicted octanol–water partition coefficient (Wildman–Crippen LogP) is 4.56. The van der Waals surface area contributed by atoms with Crippen molar-refractivity contribution in [2.75, 3.05) is 0 Å². The third-order valence-corrected chi connectivity index (χ3v) is 2.50. The topological polar surface area (TPSA) is 0 Å². The van der Waals surface area contributed by atoms with Crippen molar-refractivity contribution in [1.29, 1.82) is 0 Å². The molecule has 0 aliphatic carbocycles. The maximum Gasteiger partial charge on any atom is 0.0283 e. The molecule has 1 aromatic rings. The van der Waals surface area contributed by atoms with Gasteiger partial charge in [0, 0.05) is 5.33 Å². The van der Waals surface area contributed by atoms with Crippen molar-refractivity contribution in [3.63, 3.8) is 0 Å². The van der Waals surface area contributed by atoms with Gasteiger partial charge in [-0.1, -0.05) is 64.0 Å². The number of rotatable bonds is 3. The number of benzene rings is 1. The molecule has 1 heteroatoms. The fourth-order valence-corrected chi connectivity index (χ4v) is 1.44. The van der Waals surface area contributed by atoms with E-state index in [0.29, 0.717) is 0 Å². The summed E-state index contributed by atoms with van der Waals surface area (Å²) in [6, 6.07) is 8.53. The summed E-state index contributed by atoms with van der Waals surface area (Å²) in [5.74, 6) is 0. The quantitative estimate of drug-likeness (QED) is 0.545. The summed E-state index contributed by atoms with van der Waals surface area (Å²) < 4.78 is 0. The molecule has 1 aromatic carbocycles. The Kier molecular flexibility index (Phi) is 4.68. The van der Waals surface area contributed by atoms with Gasteiger partial charge in [-0.2, -0.15) is 0 Å². The van der Waals surface area contributed by atoms with Crippen LogP contribution in [0.3, 0.4) is 0 Å². The average Bonchev–Trinajstić information content (AvgIpc) is 2.18. The van der Waals surface area contributed by atoms with Crippen molar-refractivity contribution in [3.05, 3.63) is 53.1 Å². The summed E-state index contributed by atoms with van der Waals surface area (Å²) in [5.41, 5.74) is 3.87. The molecule has 0 atom stereocenters. The molecule has 0 bridgehead atoms. The number of alkyl halides is 1. The standard InChI is InChI=1S/C13H15Br/c1-11(2)4-3-5-12-6-8-13(10-14)9-7-12/h3-9H,10H2,1-2H3. The Balaban J connectivity index is 2.69. The van der Waals surface area contributed by atoms with Crippen molar-refractivity contribution >= 4 is 22.0 Å². The maximum atomic E-state index is 3.43. The van der Waals surface area contributed by atoms with E-state index in [1.807, 2.05) is 0 Å². The Hall–Kier alpha value is -0.820. The van der Waals surface area contributed by atoms with Crippen LogP contribution in [0.15, 0.2) is 42.0 Å². The van der Waals surface area contributed by atoms with Crippen molar-refractivity contribution < 1.29 is 0 Å². The van der Waals surface area contributed by atoms with Crippen LogP contribution in [0.5, 0.6) is 0 Å². The molecule has 0 N–H and O–H groups in total. The predicted molar refractivity (Wildman–Crippen MR) is 67.5 cm³/mol. The van der Waals surface area contributed by atoms with E-state index in [1.54, 1.807) is 0 Å². The first-order valence-corrected chi connectivity index (χ1v) is 5.81. The highest BCUT2D eigenvalue weighted by Crippen LogP contribution is 2.09. The van der Waals surface area contributed by atoms with Gasteiger partial charge in [-0.05, 0) is 25.0 Å². The number of allylic oxidation sites excluding steroid dienone is 3. The van der Waals surface area contributed by atoms with Crippen molar-refractivity contribution in [3.8, 4) is 0 Å². The monoisotopic (exact) mass is 250 g/mol. The van der Waals surface area contributed by atoms with Crippen molar-refractivity contribution in [1.82, 2.24) is 0 Å². The normalized spacial score (nSPS) is 10.5. The molecule has 0 aliphatic heterocycles. The van der Waals surface area contributed by atoms with Gasteiger partial charge in [0.15, 0.2) is 0 Å². The molecule has 14 heavy (non-hydrogen) atoms. The largest absolute Gasteiger partial charge is 0.0876 e. The van der Waals surface area contributed by atoms with Gasteiger partial charge < -0.3 is 0 Å². The third kappa shape index (κ3) is 3.93. The Morgan fingerprint density at radius 3 is 2.36 bits per heavy atom. The zero-order valence-corrected chi connectivity index (χ0v) is 10.2. The molecule has 0 heterocycles. The van der Waals surface area contributed by atoms with Gasteiger partial charge in [-0.3, -0.25) is 0 Å². The smallest absolute Gasteiger partial charge is 0.0283 e. The second-order valence-corrected chi connectivity index (χ2v) is 4.04. The Bertz CT molecular complexity index is 327. The summed E-state index contributed by atoms with van der Waals surface area (Å²) in [5, 5.41) is 0.922. The van der Waals surface area contributed by atoms with E-state index in [-0.39, 0.29) is 0 Å². The van der Waals surface area contributed by atoms with Crippen LogP contribution in [-0.2, 0) is 5.33 Å². The molecule has 74 valence electrons. The van der Waals surface area contributed by atoms with Crippen molar-refractivity contribution in [2.45, 2.75) is 19.2 Å². The van der Waals surface area contributed by atoms with Crippen LogP contribution in [0.4, 0.5) is 0 Å². The molecular weight excluding hydrogens is 236 g/mol. The van der Waals surface area contributed by atoms with E-state index < -0.39 is 0 Å². The Morgan fingerprint density at radius 2 is 1.86 bits per heavy atom. The third-order valence-electron chi connectivity index (χ3n) is 1.85. The molecule has 0 radical (unpaired) electrons. The first kappa shape index (κ1) is 11.3. The van der Waals surface area contributed by atoms with Gasteiger partial charge in [0.1, 0.15) is 0 Å². The van der Waals surface area contributed by atoms with Crippen molar-refractivity contribution in [2.24, 2.45) is 0 Å². The number of hydrogen-bond acceptors (Lipinski definition) is 0. The summed E-state index contributed by atoms with van der Waals surface area (Å²) in [4.78, 5) is 0. The highest BCUT2D eigenvalue weighted by molar-refractivity contribution is 9.08. The highest BCUT2D eigenvalue weighted by Gasteiger charge is 1.88. The Morgan fingerprint density at radius 1 is 1.21 bits per heavy atom. The first-order valence-electron chi connectivity index (χ1n) is 4.69. The Labute approximate surface area is 94.5 Å². The fraction of sp³-hybridized carbons (Fsp3) is 0.231. The van der Waals surface area contributed by atoms with Gasteiger partial charge in [-0.25, -0.2) is 0 Å². The van der Waals surface area contributed by atoms with E-state index in [4.69, 9.17) is 0 Å². The van der Waals surface area contributed by atoms with Gasteiger partial charge in [-0.15, -0.1) is 0 Å². The highest BCUT2D eigenvalue weighted by atomic mass is 79.9. The second-order valence-electron chi connectivity index (χ2n) is 3.48.